The van der Waals surface area contributed by atoms with E-state index in [1.165, 1.54) is 0 Å². The molecule has 55 valence electrons. The van der Waals surface area contributed by atoms with Crippen LogP contribution in [0, 0.1) is 28.7 Å². The quantitative estimate of drug-likeness (QED) is 0.577. The summed E-state index contributed by atoms with van der Waals surface area (Å²) in [6.45, 7) is 0. The maximum atomic E-state index is 8.42. The van der Waals surface area contributed by atoms with Crippen molar-refractivity contribution in [3.63, 3.8) is 0 Å². The van der Waals surface area contributed by atoms with E-state index in [0.29, 0.717) is 0 Å². The van der Waals surface area contributed by atoms with Crippen LogP contribution in [0.5, 0.6) is 0 Å². The molecule has 0 bridgehead atoms. The minimum atomic E-state index is 0.00111. The standard InChI is InChI=1S/C10H5N2/c11-7-10(8-12)6-9-4-2-1-3-5-9/h1-5H. The van der Waals surface area contributed by atoms with Gasteiger partial charge < -0.3 is 0 Å². The van der Waals surface area contributed by atoms with Crippen LogP contribution in [0.3, 0.4) is 0 Å². The Labute approximate surface area is 71.0 Å². The summed E-state index contributed by atoms with van der Waals surface area (Å²) < 4.78 is 0. The molecule has 0 saturated carbocycles. The summed E-state index contributed by atoms with van der Waals surface area (Å²) >= 11 is 0. The molecule has 12 heavy (non-hydrogen) atoms. The normalized spacial score (nSPS) is 7.83. The van der Waals surface area contributed by atoms with Crippen LogP contribution in [0.25, 0.3) is 0 Å². The first-order valence-electron chi connectivity index (χ1n) is 3.36. The van der Waals surface area contributed by atoms with Gasteiger partial charge in [0.05, 0.1) is 0 Å². The molecule has 1 aromatic rings. The Morgan fingerprint density at radius 2 is 1.58 bits per heavy atom. The summed E-state index contributed by atoms with van der Waals surface area (Å²) in [6, 6.07) is 12.6. The van der Waals surface area contributed by atoms with E-state index in [2.05, 4.69) is 6.08 Å². The number of hydrogen-bond acceptors (Lipinski definition) is 2. The Kier molecular flexibility index (Phi) is 2.65. The zero-order chi connectivity index (χ0) is 8.81. The van der Waals surface area contributed by atoms with Crippen LogP contribution < -0.4 is 0 Å². The van der Waals surface area contributed by atoms with Crippen LogP contribution in [0.1, 0.15) is 5.56 Å². The molecule has 0 aromatic heterocycles. The summed E-state index contributed by atoms with van der Waals surface area (Å²) in [7, 11) is 0. The smallest absolute Gasteiger partial charge is 0.138 e. The lowest BCUT2D eigenvalue weighted by Crippen LogP contribution is -1.76. The van der Waals surface area contributed by atoms with Gasteiger partial charge in [-0.25, -0.2) is 0 Å². The molecule has 0 N–H and O–H groups in total. The lowest BCUT2D eigenvalue weighted by atomic mass is 10.1. The first-order chi connectivity index (χ1) is 5.86. The van der Waals surface area contributed by atoms with E-state index in [1.54, 1.807) is 24.3 Å². The first kappa shape index (κ1) is 8.04. The Hall–Kier alpha value is -2.06. The van der Waals surface area contributed by atoms with E-state index in [1.807, 2.05) is 18.2 Å². The molecule has 1 rings (SSSR count). The molecule has 0 aliphatic carbocycles. The van der Waals surface area contributed by atoms with Gasteiger partial charge in [0.25, 0.3) is 0 Å². The molecule has 0 unspecified atom stereocenters. The number of nitriles is 2. The molecule has 0 fully saturated rings. The average Bonchev–Trinajstić information content (AvgIpc) is 2.16. The fourth-order valence-electron chi connectivity index (χ4n) is 0.747. The van der Waals surface area contributed by atoms with Crippen LogP contribution in [0.4, 0.5) is 0 Å². The highest BCUT2D eigenvalue weighted by molar-refractivity contribution is 5.38. The van der Waals surface area contributed by atoms with E-state index in [4.69, 9.17) is 10.5 Å². The lowest BCUT2D eigenvalue weighted by Gasteiger charge is -1.87. The van der Waals surface area contributed by atoms with E-state index in [9.17, 15) is 0 Å². The molecule has 0 spiro atoms. The molecule has 1 radical (unpaired) electrons. The van der Waals surface area contributed by atoms with Crippen LogP contribution in [-0.2, 0) is 0 Å². The van der Waals surface area contributed by atoms with Crippen molar-refractivity contribution < 1.29 is 0 Å². The Morgan fingerprint density at radius 1 is 1.00 bits per heavy atom. The van der Waals surface area contributed by atoms with Crippen LogP contribution in [0.15, 0.2) is 35.9 Å². The fraction of sp³-hybridized carbons (Fsp3) is 0. The third-order valence-corrected chi connectivity index (χ3v) is 1.27. The van der Waals surface area contributed by atoms with Gasteiger partial charge >= 0.3 is 0 Å². The van der Waals surface area contributed by atoms with E-state index in [-0.39, 0.29) is 5.57 Å². The van der Waals surface area contributed by atoms with E-state index < -0.39 is 0 Å². The van der Waals surface area contributed by atoms with Crippen molar-refractivity contribution in [3.8, 4) is 12.1 Å². The third kappa shape index (κ3) is 1.97. The number of nitrogens with zero attached hydrogens (tertiary/aromatic N) is 2. The van der Waals surface area contributed by atoms with Crippen molar-refractivity contribution in [3.05, 3.63) is 47.5 Å². The number of hydrogen-bond donors (Lipinski definition) is 0. The molecule has 0 aliphatic heterocycles. The molecular weight excluding hydrogens is 148 g/mol. The Balaban J connectivity index is 2.98. The zero-order valence-electron chi connectivity index (χ0n) is 6.28. The third-order valence-electron chi connectivity index (χ3n) is 1.27. The summed E-state index contributed by atoms with van der Waals surface area (Å²) in [6.07, 6.45) is 2.67. The van der Waals surface area contributed by atoms with Crippen molar-refractivity contribution in [1.82, 2.24) is 0 Å². The molecule has 0 amide bonds. The summed E-state index contributed by atoms with van der Waals surface area (Å²) in [4.78, 5) is 0. The molecule has 2 nitrogen and oxygen atoms in total. The second-order valence-corrected chi connectivity index (χ2v) is 2.09. The molecule has 1 aromatic carbocycles. The highest BCUT2D eigenvalue weighted by Crippen LogP contribution is 2.01. The topological polar surface area (TPSA) is 47.6 Å². The minimum absolute atomic E-state index is 0.00111. The largest absolute Gasteiger partial charge is 0.192 e. The second kappa shape index (κ2) is 3.95. The van der Waals surface area contributed by atoms with Gasteiger partial charge in [0, 0.05) is 6.08 Å². The summed E-state index contributed by atoms with van der Waals surface area (Å²) in [5.41, 5.74) is 0.747. The lowest BCUT2D eigenvalue weighted by molar-refractivity contribution is 1.43. The van der Waals surface area contributed by atoms with Gasteiger partial charge in [-0.15, -0.1) is 0 Å². The monoisotopic (exact) mass is 153 g/mol. The second-order valence-electron chi connectivity index (χ2n) is 2.09. The van der Waals surface area contributed by atoms with Gasteiger partial charge in [-0.2, -0.15) is 10.5 Å². The van der Waals surface area contributed by atoms with Crippen LogP contribution in [-0.4, -0.2) is 0 Å². The molecule has 0 heterocycles. The molecule has 0 aliphatic rings. The molecule has 0 atom stereocenters. The van der Waals surface area contributed by atoms with E-state index >= 15 is 0 Å². The van der Waals surface area contributed by atoms with Gasteiger partial charge in [-0.1, -0.05) is 30.3 Å². The van der Waals surface area contributed by atoms with Gasteiger partial charge in [0.1, 0.15) is 17.7 Å². The Morgan fingerprint density at radius 3 is 2.08 bits per heavy atom. The van der Waals surface area contributed by atoms with Crippen molar-refractivity contribution >= 4 is 0 Å². The van der Waals surface area contributed by atoms with Crippen molar-refractivity contribution in [1.29, 1.82) is 10.5 Å². The molecule has 0 saturated heterocycles. The zero-order valence-corrected chi connectivity index (χ0v) is 6.28. The average molecular weight is 153 g/mol. The maximum absolute atomic E-state index is 8.42. The highest BCUT2D eigenvalue weighted by Gasteiger charge is 1.92. The van der Waals surface area contributed by atoms with Crippen molar-refractivity contribution in [2.75, 3.05) is 0 Å². The predicted octanol–water partition coefficient (Wildman–Crippen LogP) is 1.81. The van der Waals surface area contributed by atoms with Crippen LogP contribution >= 0.6 is 0 Å². The van der Waals surface area contributed by atoms with Gasteiger partial charge in [-0.3, -0.25) is 0 Å². The summed E-state index contributed by atoms with van der Waals surface area (Å²) in [5, 5.41) is 16.8. The van der Waals surface area contributed by atoms with Gasteiger partial charge in [0.15, 0.2) is 0 Å². The molecule has 2 heteroatoms. The van der Waals surface area contributed by atoms with Gasteiger partial charge in [0.2, 0.25) is 0 Å². The minimum Gasteiger partial charge on any atom is -0.192 e. The SMILES string of the molecule is N#CC(=[C]c1ccccc1)C#N. The number of rotatable bonds is 1. The van der Waals surface area contributed by atoms with Gasteiger partial charge in [-0.05, 0) is 5.56 Å². The maximum Gasteiger partial charge on any atom is 0.138 e. The Bertz CT molecular complexity index is 347. The van der Waals surface area contributed by atoms with Crippen LogP contribution in [0.2, 0.25) is 0 Å². The highest BCUT2D eigenvalue weighted by atomic mass is 14.3. The van der Waals surface area contributed by atoms with E-state index in [0.717, 1.165) is 5.56 Å². The summed E-state index contributed by atoms with van der Waals surface area (Å²) in [5.74, 6) is 0. The molecular formula is C10H5N2. The predicted molar refractivity (Wildman–Crippen MR) is 43.5 cm³/mol. The van der Waals surface area contributed by atoms with Crippen molar-refractivity contribution in [2.24, 2.45) is 0 Å². The number of allylic oxidation sites excluding steroid dienone is 1. The number of benzene rings is 1. The first-order valence-corrected chi connectivity index (χ1v) is 3.36. The van der Waals surface area contributed by atoms with Crippen molar-refractivity contribution in [2.45, 2.75) is 0 Å². The fourth-order valence-corrected chi connectivity index (χ4v) is 0.747.